The highest BCUT2D eigenvalue weighted by Crippen LogP contribution is 2.25. The Labute approximate surface area is 196 Å². The van der Waals surface area contributed by atoms with Gasteiger partial charge in [-0.25, -0.2) is 13.5 Å². The summed E-state index contributed by atoms with van der Waals surface area (Å²) in [7, 11) is 0. The Morgan fingerprint density at radius 2 is 1.82 bits per heavy atom. The van der Waals surface area contributed by atoms with Crippen LogP contribution in [0.4, 0.5) is 8.78 Å². The number of carbonyl (C=O) groups excluding carboxylic acids is 1. The topological polar surface area (TPSA) is 70.7 Å². The number of aromatic nitrogens is 2. The predicted molar refractivity (Wildman–Crippen MR) is 125 cm³/mol. The van der Waals surface area contributed by atoms with Crippen LogP contribution in [0, 0.1) is 29.9 Å². The first-order valence-electron chi connectivity index (χ1n) is 10.8. The molecule has 4 rings (SSSR count). The zero-order valence-electron chi connectivity index (χ0n) is 18.6. The fourth-order valence-electron chi connectivity index (χ4n) is 3.72. The number of nitrogens with one attached hydrogen (secondary N) is 1. The van der Waals surface area contributed by atoms with Crippen molar-refractivity contribution in [1.29, 1.82) is 5.26 Å². The van der Waals surface area contributed by atoms with E-state index < -0.39 is 0 Å². The summed E-state index contributed by atoms with van der Waals surface area (Å²) in [5.74, 6) is -0.872. The van der Waals surface area contributed by atoms with Gasteiger partial charge in [0.05, 0.1) is 28.7 Å². The molecule has 170 valence electrons. The number of rotatable bonds is 7. The minimum absolute atomic E-state index is 0.179. The Bertz CT molecular complexity index is 1350. The van der Waals surface area contributed by atoms with Gasteiger partial charge in [-0.05, 0) is 72.6 Å². The van der Waals surface area contributed by atoms with E-state index in [1.54, 1.807) is 48.0 Å². The third kappa shape index (κ3) is 5.54. The monoisotopic (exact) mass is 456 g/mol. The molecule has 0 bridgehead atoms. The Hall–Kier alpha value is -4.31. The van der Waals surface area contributed by atoms with Crippen LogP contribution in [0.3, 0.4) is 0 Å². The number of amides is 1. The smallest absolute Gasteiger partial charge is 0.220 e. The molecule has 1 amide bonds. The first-order valence-corrected chi connectivity index (χ1v) is 10.8. The summed E-state index contributed by atoms with van der Waals surface area (Å²) in [5.41, 5.74) is 4.72. The van der Waals surface area contributed by atoms with Crippen LogP contribution in [0.5, 0.6) is 0 Å². The van der Waals surface area contributed by atoms with Crippen molar-refractivity contribution in [2.45, 2.75) is 26.3 Å². The molecule has 1 aromatic heterocycles. The van der Waals surface area contributed by atoms with Gasteiger partial charge in [-0.15, -0.1) is 0 Å². The number of hydrogen-bond acceptors (Lipinski definition) is 3. The zero-order chi connectivity index (χ0) is 24.1. The van der Waals surface area contributed by atoms with Crippen molar-refractivity contribution in [3.63, 3.8) is 0 Å². The second-order valence-corrected chi connectivity index (χ2v) is 8.02. The number of nitrogens with zero attached hydrogens (tertiary/aromatic N) is 3. The van der Waals surface area contributed by atoms with Crippen LogP contribution < -0.4 is 5.32 Å². The SMILES string of the molecule is Cc1cc(F)cc(CNC(=O)CCc2cc(-c3cccc(F)c3)n(-c3ccc(C#N)cc3)n2)c1. The summed E-state index contributed by atoms with van der Waals surface area (Å²) in [5, 5.41) is 16.5. The van der Waals surface area contributed by atoms with Crippen LogP contribution in [0.2, 0.25) is 0 Å². The summed E-state index contributed by atoms with van der Waals surface area (Å²) in [6.07, 6.45) is 0.570. The largest absolute Gasteiger partial charge is 0.352 e. The zero-order valence-corrected chi connectivity index (χ0v) is 18.6. The lowest BCUT2D eigenvalue weighted by atomic mass is 10.1. The van der Waals surface area contributed by atoms with Crippen molar-refractivity contribution in [2.75, 3.05) is 0 Å². The minimum Gasteiger partial charge on any atom is -0.352 e. The lowest BCUT2D eigenvalue weighted by Crippen LogP contribution is -2.23. The summed E-state index contributed by atoms with van der Waals surface area (Å²) in [4.78, 5) is 12.4. The van der Waals surface area contributed by atoms with Crippen LogP contribution in [-0.4, -0.2) is 15.7 Å². The van der Waals surface area contributed by atoms with Gasteiger partial charge < -0.3 is 5.32 Å². The van der Waals surface area contributed by atoms with Crippen LogP contribution in [0.25, 0.3) is 16.9 Å². The molecule has 3 aromatic carbocycles. The van der Waals surface area contributed by atoms with E-state index in [-0.39, 0.29) is 30.5 Å². The van der Waals surface area contributed by atoms with Gasteiger partial charge in [0.25, 0.3) is 0 Å². The Morgan fingerprint density at radius 1 is 1.03 bits per heavy atom. The summed E-state index contributed by atoms with van der Waals surface area (Å²) < 4.78 is 29.1. The average molecular weight is 456 g/mol. The molecule has 0 saturated heterocycles. The highest BCUT2D eigenvalue weighted by molar-refractivity contribution is 5.76. The lowest BCUT2D eigenvalue weighted by Gasteiger charge is -2.08. The van der Waals surface area contributed by atoms with Gasteiger partial charge in [0, 0.05) is 24.9 Å². The van der Waals surface area contributed by atoms with E-state index in [0.717, 1.165) is 11.3 Å². The van der Waals surface area contributed by atoms with E-state index in [2.05, 4.69) is 16.5 Å². The Balaban J connectivity index is 1.51. The second-order valence-electron chi connectivity index (χ2n) is 8.02. The number of halogens is 2. The van der Waals surface area contributed by atoms with Crippen molar-refractivity contribution in [1.82, 2.24) is 15.1 Å². The molecule has 7 heteroatoms. The molecule has 5 nitrogen and oxygen atoms in total. The molecule has 0 atom stereocenters. The average Bonchev–Trinajstić information content (AvgIpc) is 3.25. The molecule has 1 heterocycles. The highest BCUT2D eigenvalue weighted by atomic mass is 19.1. The van der Waals surface area contributed by atoms with Gasteiger partial charge >= 0.3 is 0 Å². The van der Waals surface area contributed by atoms with E-state index in [1.165, 1.54) is 24.3 Å². The number of benzene rings is 3. The van der Waals surface area contributed by atoms with Crippen molar-refractivity contribution >= 4 is 5.91 Å². The molecule has 0 aliphatic rings. The molecule has 0 spiro atoms. The second kappa shape index (κ2) is 10.1. The maximum Gasteiger partial charge on any atom is 0.220 e. The molecule has 0 radical (unpaired) electrons. The molecule has 0 aliphatic carbocycles. The highest BCUT2D eigenvalue weighted by Gasteiger charge is 2.14. The third-order valence-corrected chi connectivity index (χ3v) is 5.32. The molecule has 0 unspecified atom stereocenters. The normalized spacial score (nSPS) is 10.6. The van der Waals surface area contributed by atoms with Crippen molar-refractivity contribution in [3.05, 3.63) is 107 Å². The van der Waals surface area contributed by atoms with Gasteiger partial charge in [-0.2, -0.15) is 10.4 Å². The van der Waals surface area contributed by atoms with Crippen LogP contribution in [0.1, 0.15) is 28.8 Å². The molecular formula is C27H22F2N4O. The van der Waals surface area contributed by atoms with Gasteiger partial charge in [-0.1, -0.05) is 18.2 Å². The first kappa shape index (κ1) is 22.9. The fraction of sp³-hybridized carbons (Fsp3) is 0.148. The summed E-state index contributed by atoms with van der Waals surface area (Å²) in [6.45, 7) is 2.04. The Morgan fingerprint density at radius 3 is 2.53 bits per heavy atom. The quantitative estimate of drug-likeness (QED) is 0.413. The lowest BCUT2D eigenvalue weighted by molar-refractivity contribution is -0.121. The molecule has 34 heavy (non-hydrogen) atoms. The standard InChI is InChI=1S/C27H22F2N4O/c1-18-11-20(13-23(29)12-18)17-31-27(34)10-7-24-15-26(21-3-2-4-22(28)14-21)33(32-24)25-8-5-19(16-30)6-9-25/h2-6,8-9,11-15H,7,10,17H2,1H3,(H,31,34). The third-order valence-electron chi connectivity index (χ3n) is 5.32. The molecule has 0 saturated carbocycles. The molecule has 1 N–H and O–H groups in total. The van der Waals surface area contributed by atoms with Gasteiger partial charge in [0.2, 0.25) is 5.91 Å². The van der Waals surface area contributed by atoms with Crippen LogP contribution >= 0.6 is 0 Å². The van der Waals surface area contributed by atoms with Crippen molar-refractivity contribution in [3.8, 4) is 23.0 Å². The maximum atomic E-state index is 13.9. The summed E-state index contributed by atoms with van der Waals surface area (Å²) in [6, 6.07) is 21.7. The van der Waals surface area contributed by atoms with E-state index in [0.29, 0.717) is 34.5 Å². The van der Waals surface area contributed by atoms with E-state index in [4.69, 9.17) is 5.26 Å². The molecular weight excluding hydrogens is 434 g/mol. The van der Waals surface area contributed by atoms with E-state index >= 15 is 0 Å². The Kier molecular flexibility index (Phi) is 6.79. The van der Waals surface area contributed by atoms with Crippen molar-refractivity contribution < 1.29 is 13.6 Å². The molecule has 4 aromatic rings. The molecule has 0 aliphatic heterocycles. The van der Waals surface area contributed by atoms with Gasteiger partial charge in [0.15, 0.2) is 0 Å². The summed E-state index contributed by atoms with van der Waals surface area (Å²) >= 11 is 0. The number of aryl methyl sites for hydroxylation is 2. The first-order chi connectivity index (χ1) is 16.4. The van der Waals surface area contributed by atoms with Gasteiger partial charge in [0.1, 0.15) is 11.6 Å². The number of hydrogen-bond donors (Lipinski definition) is 1. The number of carbonyl (C=O) groups is 1. The van der Waals surface area contributed by atoms with E-state index in [1.807, 2.05) is 12.1 Å². The maximum absolute atomic E-state index is 13.9. The van der Waals surface area contributed by atoms with Crippen LogP contribution in [-0.2, 0) is 17.8 Å². The van der Waals surface area contributed by atoms with E-state index in [9.17, 15) is 13.6 Å². The molecule has 0 fully saturated rings. The van der Waals surface area contributed by atoms with Crippen molar-refractivity contribution in [2.24, 2.45) is 0 Å². The number of nitriles is 1. The van der Waals surface area contributed by atoms with Gasteiger partial charge in [-0.3, -0.25) is 4.79 Å². The predicted octanol–water partition coefficient (Wildman–Crippen LogP) is 5.25. The fourth-order valence-corrected chi connectivity index (χ4v) is 3.72. The minimum atomic E-state index is -0.362. The van der Waals surface area contributed by atoms with Crippen LogP contribution in [0.15, 0.2) is 72.8 Å².